The minimum Gasteiger partial charge on any atom is -0.352 e. The van der Waals surface area contributed by atoms with Crippen molar-refractivity contribution in [3.63, 3.8) is 0 Å². The Morgan fingerprint density at radius 1 is 1.11 bits per heavy atom. The van der Waals surface area contributed by atoms with E-state index in [2.05, 4.69) is 10.6 Å². The Labute approximate surface area is 160 Å². The van der Waals surface area contributed by atoms with Gasteiger partial charge in [-0.3, -0.25) is 14.5 Å². The number of hydrogen-bond acceptors (Lipinski definition) is 3. The van der Waals surface area contributed by atoms with E-state index in [1.165, 1.54) is 25.7 Å². The van der Waals surface area contributed by atoms with Crippen LogP contribution in [0.5, 0.6) is 0 Å². The van der Waals surface area contributed by atoms with Crippen molar-refractivity contribution < 1.29 is 14.4 Å². The maximum absolute atomic E-state index is 13.0. The SMILES string of the molecule is CC1CCCCC12NC(=O)N(CC(=O)NC1CC3CC1C1CCCC31)C2=O. The summed E-state index contributed by atoms with van der Waals surface area (Å²) in [5, 5.41) is 6.11. The zero-order chi connectivity index (χ0) is 18.8. The van der Waals surface area contributed by atoms with Crippen molar-refractivity contribution >= 4 is 17.8 Å². The van der Waals surface area contributed by atoms with Crippen LogP contribution < -0.4 is 10.6 Å². The van der Waals surface area contributed by atoms with Gasteiger partial charge in [-0.2, -0.15) is 0 Å². The van der Waals surface area contributed by atoms with Crippen molar-refractivity contribution in [2.45, 2.75) is 76.3 Å². The van der Waals surface area contributed by atoms with Gasteiger partial charge in [0.2, 0.25) is 5.91 Å². The Hall–Kier alpha value is -1.59. The maximum atomic E-state index is 13.0. The summed E-state index contributed by atoms with van der Waals surface area (Å²) >= 11 is 0. The summed E-state index contributed by atoms with van der Waals surface area (Å²) in [4.78, 5) is 39.3. The smallest absolute Gasteiger partial charge is 0.325 e. The fourth-order valence-corrected chi connectivity index (χ4v) is 7.27. The molecule has 1 spiro atoms. The number of urea groups is 1. The van der Waals surface area contributed by atoms with Crippen LogP contribution in [0.2, 0.25) is 0 Å². The fraction of sp³-hybridized carbons (Fsp3) is 0.857. The molecule has 4 saturated carbocycles. The summed E-state index contributed by atoms with van der Waals surface area (Å²) in [5.41, 5.74) is -0.779. The molecule has 4 amide bonds. The summed E-state index contributed by atoms with van der Waals surface area (Å²) in [7, 11) is 0. The Kier molecular flexibility index (Phi) is 4.03. The van der Waals surface area contributed by atoms with Crippen LogP contribution in [0.15, 0.2) is 0 Å². The molecule has 0 aromatic carbocycles. The molecule has 7 unspecified atom stereocenters. The molecule has 6 heteroatoms. The highest BCUT2D eigenvalue weighted by atomic mass is 16.2. The minimum absolute atomic E-state index is 0.126. The number of rotatable bonds is 3. The first-order chi connectivity index (χ1) is 13.0. The van der Waals surface area contributed by atoms with E-state index in [9.17, 15) is 14.4 Å². The molecule has 148 valence electrons. The van der Waals surface area contributed by atoms with Gasteiger partial charge in [-0.25, -0.2) is 4.79 Å². The predicted molar refractivity (Wildman–Crippen MR) is 99.6 cm³/mol. The summed E-state index contributed by atoms with van der Waals surface area (Å²) in [5.74, 6) is 2.82. The molecular formula is C21H31N3O3. The highest BCUT2D eigenvalue weighted by molar-refractivity contribution is 6.09. The van der Waals surface area contributed by atoms with Crippen LogP contribution in [0.3, 0.4) is 0 Å². The van der Waals surface area contributed by atoms with Crippen LogP contribution in [-0.2, 0) is 9.59 Å². The van der Waals surface area contributed by atoms with Gasteiger partial charge in [0.25, 0.3) is 5.91 Å². The summed E-state index contributed by atoms with van der Waals surface area (Å²) in [6, 6.07) is -0.155. The molecule has 1 heterocycles. The second-order valence-corrected chi connectivity index (χ2v) is 9.77. The van der Waals surface area contributed by atoms with E-state index < -0.39 is 11.6 Å². The van der Waals surface area contributed by atoms with Gasteiger partial charge in [0.05, 0.1) is 0 Å². The second-order valence-electron chi connectivity index (χ2n) is 9.77. The third-order valence-electron chi connectivity index (χ3n) is 8.58. The van der Waals surface area contributed by atoms with Gasteiger partial charge in [-0.15, -0.1) is 0 Å². The van der Waals surface area contributed by atoms with Crippen LogP contribution >= 0.6 is 0 Å². The molecular weight excluding hydrogens is 342 g/mol. The summed E-state index contributed by atoms with van der Waals surface area (Å²) in [6.07, 6.45) is 10.0. The minimum atomic E-state index is -0.779. The molecule has 2 N–H and O–H groups in total. The topological polar surface area (TPSA) is 78.5 Å². The lowest BCUT2D eigenvalue weighted by molar-refractivity contribution is -0.137. The van der Waals surface area contributed by atoms with E-state index in [0.717, 1.165) is 48.3 Å². The van der Waals surface area contributed by atoms with Gasteiger partial charge in [0.15, 0.2) is 0 Å². The number of nitrogens with zero attached hydrogens (tertiary/aromatic N) is 1. The molecule has 27 heavy (non-hydrogen) atoms. The van der Waals surface area contributed by atoms with Gasteiger partial charge >= 0.3 is 6.03 Å². The van der Waals surface area contributed by atoms with E-state index in [1.807, 2.05) is 6.92 Å². The van der Waals surface area contributed by atoms with Gasteiger partial charge in [-0.1, -0.05) is 26.2 Å². The first-order valence-electron chi connectivity index (χ1n) is 10.9. The zero-order valence-corrected chi connectivity index (χ0v) is 16.2. The predicted octanol–water partition coefficient (Wildman–Crippen LogP) is 2.43. The molecule has 6 nitrogen and oxygen atoms in total. The first-order valence-corrected chi connectivity index (χ1v) is 10.9. The summed E-state index contributed by atoms with van der Waals surface area (Å²) in [6.45, 7) is 1.90. The van der Waals surface area contributed by atoms with Crippen LogP contribution in [0.25, 0.3) is 0 Å². The average Bonchev–Trinajstić information content (AvgIpc) is 3.37. The number of carbonyl (C=O) groups is 3. The van der Waals surface area contributed by atoms with Crippen LogP contribution in [0.4, 0.5) is 4.79 Å². The van der Waals surface area contributed by atoms with Gasteiger partial charge < -0.3 is 10.6 Å². The molecule has 5 fully saturated rings. The molecule has 5 rings (SSSR count). The Morgan fingerprint density at radius 2 is 1.93 bits per heavy atom. The molecule has 2 bridgehead atoms. The number of carbonyl (C=O) groups excluding carboxylic acids is 3. The van der Waals surface area contributed by atoms with Crippen molar-refractivity contribution in [1.82, 2.24) is 15.5 Å². The van der Waals surface area contributed by atoms with Crippen molar-refractivity contribution in [1.29, 1.82) is 0 Å². The largest absolute Gasteiger partial charge is 0.352 e. The van der Waals surface area contributed by atoms with Crippen LogP contribution in [0.1, 0.15) is 64.7 Å². The number of imide groups is 1. The molecule has 1 saturated heterocycles. The second kappa shape index (κ2) is 6.21. The third kappa shape index (κ3) is 2.54. The van der Waals surface area contributed by atoms with E-state index >= 15 is 0 Å². The maximum Gasteiger partial charge on any atom is 0.325 e. The number of nitrogens with one attached hydrogen (secondary N) is 2. The monoisotopic (exact) mass is 373 g/mol. The number of amides is 4. The number of hydrogen-bond donors (Lipinski definition) is 2. The zero-order valence-electron chi connectivity index (χ0n) is 16.2. The van der Waals surface area contributed by atoms with Gasteiger partial charge in [0, 0.05) is 6.04 Å². The fourth-order valence-electron chi connectivity index (χ4n) is 7.27. The number of fused-ring (bicyclic) bond motifs is 5. The standard InChI is InChI=1S/C21H31N3O3/c1-12-5-2-3-8-21(12)19(26)24(20(27)23-21)11-18(25)22-17-10-13-9-16(17)15-7-4-6-14(13)15/h12-17H,2-11H2,1H3,(H,22,25)(H,23,27). The molecule has 0 aromatic rings. The summed E-state index contributed by atoms with van der Waals surface area (Å²) < 4.78 is 0. The molecule has 1 aliphatic heterocycles. The van der Waals surface area contributed by atoms with E-state index in [0.29, 0.717) is 12.3 Å². The highest BCUT2D eigenvalue weighted by Crippen LogP contribution is 2.58. The molecule has 0 aromatic heterocycles. The average molecular weight is 373 g/mol. The molecule has 4 aliphatic carbocycles. The first kappa shape index (κ1) is 17.5. The Bertz CT molecular complexity index is 680. The van der Waals surface area contributed by atoms with Crippen LogP contribution in [0, 0.1) is 29.6 Å². The Morgan fingerprint density at radius 3 is 2.74 bits per heavy atom. The highest BCUT2D eigenvalue weighted by Gasteiger charge is 2.56. The van der Waals surface area contributed by atoms with Crippen LogP contribution in [-0.4, -0.2) is 40.9 Å². The van der Waals surface area contributed by atoms with Crippen molar-refractivity contribution in [2.24, 2.45) is 29.6 Å². The lowest BCUT2D eigenvalue weighted by Crippen LogP contribution is -2.54. The Balaban J connectivity index is 1.23. The molecule has 0 radical (unpaired) electrons. The molecule has 7 atom stereocenters. The van der Waals surface area contributed by atoms with Gasteiger partial charge in [-0.05, 0) is 68.1 Å². The van der Waals surface area contributed by atoms with E-state index in [4.69, 9.17) is 0 Å². The van der Waals surface area contributed by atoms with Crippen molar-refractivity contribution in [3.8, 4) is 0 Å². The quantitative estimate of drug-likeness (QED) is 0.746. The van der Waals surface area contributed by atoms with Gasteiger partial charge in [0.1, 0.15) is 12.1 Å². The van der Waals surface area contributed by atoms with E-state index in [-0.39, 0.29) is 30.3 Å². The van der Waals surface area contributed by atoms with Crippen molar-refractivity contribution in [2.75, 3.05) is 6.54 Å². The molecule has 5 aliphatic rings. The lowest BCUT2D eigenvalue weighted by Gasteiger charge is -2.36. The third-order valence-corrected chi connectivity index (χ3v) is 8.58. The van der Waals surface area contributed by atoms with Crippen molar-refractivity contribution in [3.05, 3.63) is 0 Å². The normalized spacial score (nSPS) is 45.4. The van der Waals surface area contributed by atoms with E-state index in [1.54, 1.807) is 0 Å². The lowest BCUT2D eigenvalue weighted by atomic mass is 9.73.